The third-order valence-corrected chi connectivity index (χ3v) is 14.5. The molecule has 1 aliphatic heterocycles. The Morgan fingerprint density at radius 2 is 0.849 bits per heavy atom. The van der Waals surface area contributed by atoms with E-state index in [-0.39, 0.29) is 0 Å². The molecule has 2 heterocycles. The van der Waals surface area contributed by atoms with Crippen molar-refractivity contribution in [3.8, 4) is 67.5 Å². The monoisotopic (exact) mass is 693 g/mol. The first-order valence-electron chi connectivity index (χ1n) is 18.2. The fourth-order valence-electron chi connectivity index (χ4n) is 8.30. The Morgan fingerprint density at radius 1 is 0.340 bits per heavy atom. The fourth-order valence-corrected chi connectivity index (χ4v) is 11.7. The smallest absolute Gasteiger partial charge is 0.164 e. The van der Waals surface area contributed by atoms with Crippen molar-refractivity contribution in [3.05, 3.63) is 176 Å². The molecule has 0 unspecified atom stereocenters. The third-order valence-electron chi connectivity index (χ3n) is 10.9. The van der Waals surface area contributed by atoms with E-state index in [1.54, 1.807) is 0 Å². The number of rotatable bonds is 5. The Hall–Kier alpha value is -6.49. The van der Waals surface area contributed by atoms with Crippen LogP contribution in [0.25, 0.3) is 89.1 Å². The summed E-state index contributed by atoms with van der Waals surface area (Å²) in [7, 11) is -2.15. The molecular weight excluding hydrogens is 659 g/mol. The Kier molecular flexibility index (Phi) is 7.27. The van der Waals surface area contributed by atoms with Crippen LogP contribution in [-0.4, -0.2) is 23.0 Å². The Balaban J connectivity index is 1.19. The molecule has 1 aliphatic rings. The number of hydrogen-bond donors (Lipinski definition) is 0. The van der Waals surface area contributed by atoms with Gasteiger partial charge in [0.2, 0.25) is 0 Å². The Morgan fingerprint density at radius 3 is 1.57 bits per heavy atom. The molecular formula is C49H35N3Si. The number of nitrogens with zero attached hydrogens (tertiary/aromatic N) is 3. The molecule has 10 rings (SSSR count). The molecule has 0 fully saturated rings. The van der Waals surface area contributed by atoms with E-state index in [4.69, 9.17) is 15.0 Å². The SMILES string of the molecule is C[Si]1(C)c2cc3ccccc3cc2-c2cccc(-c3nc(-c4ccc(-c5ccccc5)cc4)nc(-c4ccc(-c5ccccc5)c5ccccc45)n3)c21. The first-order chi connectivity index (χ1) is 26.0. The summed E-state index contributed by atoms with van der Waals surface area (Å²) < 4.78 is 0. The quantitative estimate of drug-likeness (QED) is 0.168. The zero-order valence-corrected chi connectivity index (χ0v) is 30.6. The lowest BCUT2D eigenvalue weighted by Gasteiger charge is -2.22. The zero-order chi connectivity index (χ0) is 35.5. The summed E-state index contributed by atoms with van der Waals surface area (Å²) in [4.78, 5) is 15.9. The van der Waals surface area contributed by atoms with Crippen molar-refractivity contribution in [2.45, 2.75) is 13.1 Å². The molecule has 0 spiro atoms. The van der Waals surface area contributed by atoms with Gasteiger partial charge in [0.15, 0.2) is 17.5 Å². The van der Waals surface area contributed by atoms with Crippen LogP contribution in [0, 0.1) is 0 Å². The molecule has 8 aromatic carbocycles. The van der Waals surface area contributed by atoms with E-state index < -0.39 is 8.07 Å². The third kappa shape index (κ3) is 5.22. The molecule has 0 saturated carbocycles. The van der Waals surface area contributed by atoms with Crippen molar-refractivity contribution >= 4 is 40.0 Å². The predicted octanol–water partition coefficient (Wildman–Crippen LogP) is 11.3. The molecule has 4 heteroatoms. The van der Waals surface area contributed by atoms with Gasteiger partial charge < -0.3 is 0 Å². The highest BCUT2D eigenvalue weighted by Crippen LogP contribution is 2.38. The van der Waals surface area contributed by atoms with E-state index >= 15 is 0 Å². The van der Waals surface area contributed by atoms with Gasteiger partial charge in [-0.1, -0.05) is 177 Å². The van der Waals surface area contributed by atoms with E-state index in [2.05, 4.69) is 183 Å². The van der Waals surface area contributed by atoms with Crippen LogP contribution < -0.4 is 10.4 Å². The number of aromatic nitrogens is 3. The maximum atomic E-state index is 5.38. The van der Waals surface area contributed by atoms with Crippen molar-refractivity contribution in [2.75, 3.05) is 0 Å². The van der Waals surface area contributed by atoms with Gasteiger partial charge in [-0.15, -0.1) is 0 Å². The van der Waals surface area contributed by atoms with Crippen molar-refractivity contribution in [2.24, 2.45) is 0 Å². The number of fused-ring (bicyclic) bond motifs is 5. The van der Waals surface area contributed by atoms with Crippen LogP contribution in [0.3, 0.4) is 0 Å². The molecule has 0 N–H and O–H groups in total. The van der Waals surface area contributed by atoms with Crippen molar-refractivity contribution < 1.29 is 0 Å². The minimum Gasteiger partial charge on any atom is -0.208 e. The highest BCUT2D eigenvalue weighted by molar-refractivity contribution is 7.04. The molecule has 0 radical (unpaired) electrons. The van der Waals surface area contributed by atoms with Crippen LogP contribution in [0.4, 0.5) is 0 Å². The summed E-state index contributed by atoms with van der Waals surface area (Å²) in [6.45, 7) is 4.94. The number of hydrogen-bond acceptors (Lipinski definition) is 3. The van der Waals surface area contributed by atoms with Crippen LogP contribution in [0.15, 0.2) is 176 Å². The lowest BCUT2D eigenvalue weighted by Crippen LogP contribution is -2.50. The average molecular weight is 694 g/mol. The van der Waals surface area contributed by atoms with Crippen molar-refractivity contribution in [1.82, 2.24) is 15.0 Å². The second kappa shape index (κ2) is 12.3. The van der Waals surface area contributed by atoms with Crippen molar-refractivity contribution in [1.29, 1.82) is 0 Å². The van der Waals surface area contributed by atoms with E-state index in [0.717, 1.165) is 27.6 Å². The molecule has 3 nitrogen and oxygen atoms in total. The summed E-state index contributed by atoms with van der Waals surface area (Å²) in [6, 6.07) is 62.8. The van der Waals surface area contributed by atoms with E-state index in [9.17, 15) is 0 Å². The van der Waals surface area contributed by atoms with Gasteiger partial charge in [0.05, 0.1) is 0 Å². The van der Waals surface area contributed by atoms with Gasteiger partial charge in [-0.25, -0.2) is 15.0 Å². The second-order valence-corrected chi connectivity index (χ2v) is 18.7. The molecule has 0 atom stereocenters. The first kappa shape index (κ1) is 31.3. The summed E-state index contributed by atoms with van der Waals surface area (Å²) in [6.07, 6.45) is 0. The van der Waals surface area contributed by atoms with Gasteiger partial charge in [0.25, 0.3) is 0 Å². The molecule has 9 aromatic rings. The topological polar surface area (TPSA) is 38.7 Å². The molecule has 53 heavy (non-hydrogen) atoms. The average Bonchev–Trinajstić information content (AvgIpc) is 3.45. The summed E-state index contributed by atoms with van der Waals surface area (Å²) >= 11 is 0. The van der Waals surface area contributed by atoms with Crippen LogP contribution in [0.1, 0.15) is 0 Å². The van der Waals surface area contributed by atoms with Gasteiger partial charge in [-0.2, -0.15) is 0 Å². The fraction of sp³-hybridized carbons (Fsp3) is 0.0408. The van der Waals surface area contributed by atoms with Gasteiger partial charge in [0.1, 0.15) is 8.07 Å². The van der Waals surface area contributed by atoms with Gasteiger partial charge in [-0.05, 0) is 77.4 Å². The highest BCUT2D eigenvalue weighted by Gasteiger charge is 2.40. The van der Waals surface area contributed by atoms with Gasteiger partial charge in [0, 0.05) is 16.7 Å². The lowest BCUT2D eigenvalue weighted by molar-refractivity contribution is 1.08. The van der Waals surface area contributed by atoms with E-state index in [0.29, 0.717) is 17.5 Å². The maximum Gasteiger partial charge on any atom is 0.164 e. The van der Waals surface area contributed by atoms with Crippen molar-refractivity contribution in [3.63, 3.8) is 0 Å². The molecule has 0 saturated heterocycles. The minimum absolute atomic E-state index is 0.666. The maximum absolute atomic E-state index is 5.38. The zero-order valence-electron chi connectivity index (χ0n) is 29.6. The largest absolute Gasteiger partial charge is 0.208 e. The van der Waals surface area contributed by atoms with Crippen LogP contribution in [0.5, 0.6) is 0 Å². The first-order valence-corrected chi connectivity index (χ1v) is 21.2. The Labute approximate surface area is 310 Å². The van der Waals surface area contributed by atoms with Crippen LogP contribution >= 0.6 is 0 Å². The van der Waals surface area contributed by atoms with E-state index in [1.807, 2.05) is 6.07 Å². The standard InChI is InChI=1S/C49H35N3Si/c1-53(2)45-31-37-19-10-9-18-36(37)30-44(45)41-22-13-23-43(46(41)53)49-51-47(35-26-24-33(25-27-35)32-14-5-3-6-15-32)50-48(52-49)42-29-28-38(34-16-7-4-8-17-34)39-20-11-12-21-40(39)42/h3-31H,1-2H3. The number of benzene rings is 8. The normalized spacial score (nSPS) is 12.9. The minimum atomic E-state index is -2.15. The second-order valence-electron chi connectivity index (χ2n) is 14.4. The summed E-state index contributed by atoms with van der Waals surface area (Å²) in [5, 5.41) is 7.69. The van der Waals surface area contributed by atoms with Gasteiger partial charge >= 0.3 is 0 Å². The Bertz CT molecular complexity index is 2850. The molecule has 1 aromatic heterocycles. The lowest BCUT2D eigenvalue weighted by atomic mass is 9.94. The van der Waals surface area contributed by atoms with E-state index in [1.165, 1.54) is 54.3 Å². The molecule has 0 aliphatic carbocycles. The summed E-state index contributed by atoms with van der Waals surface area (Å²) in [5.74, 6) is 2.05. The van der Waals surface area contributed by atoms with Crippen LogP contribution in [0.2, 0.25) is 13.1 Å². The molecule has 0 amide bonds. The van der Waals surface area contributed by atoms with Crippen LogP contribution in [-0.2, 0) is 0 Å². The summed E-state index contributed by atoms with van der Waals surface area (Å²) in [5.41, 5.74) is 10.4. The van der Waals surface area contributed by atoms with Gasteiger partial charge in [-0.3, -0.25) is 0 Å². The predicted molar refractivity (Wildman–Crippen MR) is 224 cm³/mol. The molecule has 0 bridgehead atoms. The highest BCUT2D eigenvalue weighted by atomic mass is 28.3. The molecule has 250 valence electrons.